The minimum atomic E-state index is 1.15. The molecule has 0 aliphatic carbocycles. The second-order valence-corrected chi connectivity index (χ2v) is 16.0. The molecule has 266 valence electrons. The molecule has 0 unspecified atom stereocenters. The van der Waals surface area contributed by atoms with Crippen LogP contribution < -0.4 is 0 Å². The van der Waals surface area contributed by atoms with E-state index >= 15 is 0 Å². The molecule has 2 nitrogen and oxygen atoms in total. The molecule has 0 N–H and O–H groups in total. The van der Waals surface area contributed by atoms with Crippen molar-refractivity contribution in [2.24, 2.45) is 0 Å². The normalized spacial score (nSPS) is 12.1. The minimum absolute atomic E-state index is 1.15. The molecule has 57 heavy (non-hydrogen) atoms. The van der Waals surface area contributed by atoms with Crippen LogP contribution in [0.1, 0.15) is 0 Å². The number of nitrogens with zero attached hydrogens (tertiary/aromatic N) is 2. The maximum atomic E-state index is 2.49. The monoisotopic (exact) mass is 742 g/mol. The summed E-state index contributed by atoms with van der Waals surface area (Å²) < 4.78 is 4.97. The first-order chi connectivity index (χ1) is 28.3. The topological polar surface area (TPSA) is 9.86 Å². The average Bonchev–Trinajstić information content (AvgIpc) is 3.81. The SMILES string of the molecule is c1ccc(-c2ccccc2-c2cccc(-c3cccc(-c4cccc(-n5c6ccccc6c6c7c8ccccc8n8c7c(cc65)Sc5ccccc5-8)c4)c3)c2)cc1. The fraction of sp³-hybridized carbons (Fsp3) is 0. The Bertz CT molecular complexity index is 3390. The molecule has 9 aromatic carbocycles. The van der Waals surface area contributed by atoms with Crippen LogP contribution in [0.5, 0.6) is 0 Å². The number of hydrogen-bond donors (Lipinski definition) is 0. The molecular weight excluding hydrogens is 709 g/mol. The van der Waals surface area contributed by atoms with Gasteiger partial charge < -0.3 is 9.13 Å². The van der Waals surface area contributed by atoms with Crippen molar-refractivity contribution in [3.05, 3.63) is 206 Å². The number of para-hydroxylation sites is 3. The molecular formula is C54H34N2S. The number of rotatable bonds is 5. The predicted molar refractivity (Wildman–Crippen MR) is 241 cm³/mol. The highest BCUT2D eigenvalue weighted by molar-refractivity contribution is 7.99. The molecule has 1 aliphatic rings. The van der Waals surface area contributed by atoms with Gasteiger partial charge in [-0.15, -0.1) is 0 Å². The predicted octanol–water partition coefficient (Wildman–Crippen LogP) is 15.0. The molecule has 0 fully saturated rings. The van der Waals surface area contributed by atoms with Gasteiger partial charge in [-0.2, -0.15) is 0 Å². The Kier molecular flexibility index (Phi) is 7.20. The van der Waals surface area contributed by atoms with E-state index in [0.29, 0.717) is 0 Å². The summed E-state index contributed by atoms with van der Waals surface area (Å²) >= 11 is 1.88. The fourth-order valence-electron chi connectivity index (χ4n) is 9.20. The Morgan fingerprint density at radius 2 is 0.842 bits per heavy atom. The van der Waals surface area contributed by atoms with Gasteiger partial charge in [0.15, 0.2) is 0 Å². The quantitative estimate of drug-likeness (QED) is 0.171. The van der Waals surface area contributed by atoms with Crippen molar-refractivity contribution in [3.8, 4) is 55.9 Å². The first-order valence-electron chi connectivity index (χ1n) is 19.5. The Labute approximate surface area is 334 Å². The third kappa shape index (κ3) is 4.99. The second-order valence-electron chi connectivity index (χ2n) is 14.9. The summed E-state index contributed by atoms with van der Waals surface area (Å²) in [4.78, 5) is 2.57. The van der Waals surface area contributed by atoms with Gasteiger partial charge in [0.1, 0.15) is 0 Å². The summed E-state index contributed by atoms with van der Waals surface area (Å²) in [6, 6.07) is 75.5. The lowest BCUT2D eigenvalue weighted by molar-refractivity contribution is 1.09. The zero-order valence-electron chi connectivity index (χ0n) is 30.9. The van der Waals surface area contributed by atoms with Crippen molar-refractivity contribution in [1.82, 2.24) is 9.13 Å². The van der Waals surface area contributed by atoms with Gasteiger partial charge in [-0.05, 0) is 99.1 Å². The van der Waals surface area contributed by atoms with Crippen LogP contribution in [0.4, 0.5) is 0 Å². The smallest absolute Gasteiger partial charge is 0.0688 e. The largest absolute Gasteiger partial charge is 0.309 e. The molecule has 0 saturated heterocycles. The number of hydrogen-bond acceptors (Lipinski definition) is 1. The molecule has 12 rings (SSSR count). The Hall–Kier alpha value is -7.07. The molecule has 2 aromatic heterocycles. The summed E-state index contributed by atoms with van der Waals surface area (Å²) in [7, 11) is 0. The molecule has 11 aromatic rings. The lowest BCUT2D eigenvalue weighted by atomic mass is 9.92. The van der Waals surface area contributed by atoms with Crippen molar-refractivity contribution in [2.45, 2.75) is 9.79 Å². The molecule has 0 amide bonds. The maximum Gasteiger partial charge on any atom is 0.0688 e. The van der Waals surface area contributed by atoms with Crippen molar-refractivity contribution < 1.29 is 0 Å². The van der Waals surface area contributed by atoms with E-state index in [1.807, 2.05) is 11.8 Å². The highest BCUT2D eigenvalue weighted by atomic mass is 32.2. The highest BCUT2D eigenvalue weighted by Gasteiger charge is 2.27. The van der Waals surface area contributed by atoms with Crippen LogP contribution in [0.2, 0.25) is 0 Å². The molecule has 3 heteroatoms. The van der Waals surface area contributed by atoms with E-state index in [2.05, 4.69) is 215 Å². The molecule has 0 bridgehead atoms. The van der Waals surface area contributed by atoms with E-state index in [-0.39, 0.29) is 0 Å². The van der Waals surface area contributed by atoms with Gasteiger partial charge in [-0.25, -0.2) is 0 Å². The summed E-state index contributed by atoms with van der Waals surface area (Å²) in [6.07, 6.45) is 0. The summed E-state index contributed by atoms with van der Waals surface area (Å²) in [5.41, 5.74) is 17.1. The lowest BCUT2D eigenvalue weighted by Gasteiger charge is -2.20. The molecule has 0 spiro atoms. The zero-order chi connectivity index (χ0) is 37.5. The third-order valence-electron chi connectivity index (χ3n) is 11.7. The highest BCUT2D eigenvalue weighted by Crippen LogP contribution is 2.51. The lowest BCUT2D eigenvalue weighted by Crippen LogP contribution is -2.01. The van der Waals surface area contributed by atoms with Crippen LogP contribution in [0.25, 0.3) is 99.5 Å². The number of benzene rings is 9. The van der Waals surface area contributed by atoms with Gasteiger partial charge in [-0.3, -0.25) is 0 Å². The maximum absolute atomic E-state index is 2.49. The number of aromatic nitrogens is 2. The Balaban J connectivity index is 1.01. The van der Waals surface area contributed by atoms with Crippen LogP contribution in [-0.4, -0.2) is 9.13 Å². The summed E-state index contributed by atoms with van der Waals surface area (Å²) in [5, 5.41) is 5.19. The van der Waals surface area contributed by atoms with E-state index in [1.165, 1.54) is 104 Å². The van der Waals surface area contributed by atoms with Crippen molar-refractivity contribution >= 4 is 55.4 Å². The Morgan fingerprint density at radius 3 is 1.60 bits per heavy atom. The summed E-state index contributed by atoms with van der Waals surface area (Å²) in [6.45, 7) is 0. The van der Waals surface area contributed by atoms with Gasteiger partial charge in [0.25, 0.3) is 0 Å². The molecule has 0 atom stereocenters. The molecule has 0 radical (unpaired) electrons. The van der Waals surface area contributed by atoms with Crippen molar-refractivity contribution in [1.29, 1.82) is 0 Å². The first kappa shape index (κ1) is 32.2. The number of fused-ring (bicyclic) bond motifs is 9. The van der Waals surface area contributed by atoms with Crippen LogP contribution in [0.3, 0.4) is 0 Å². The van der Waals surface area contributed by atoms with Crippen LogP contribution in [-0.2, 0) is 0 Å². The molecule has 0 saturated carbocycles. The molecule has 3 heterocycles. The fourth-order valence-corrected chi connectivity index (χ4v) is 10.3. The summed E-state index contributed by atoms with van der Waals surface area (Å²) in [5.74, 6) is 0. The molecule has 1 aliphatic heterocycles. The third-order valence-corrected chi connectivity index (χ3v) is 12.8. The van der Waals surface area contributed by atoms with Gasteiger partial charge >= 0.3 is 0 Å². The van der Waals surface area contributed by atoms with E-state index in [1.54, 1.807) is 0 Å². The standard InChI is InChI=1S/C54H34N2S/c1-2-15-35(16-3-1)42-23-4-5-24-43(42)40-21-13-19-38(32-40)36-17-12-18-37(31-36)39-20-14-22-41(33-39)55-46-27-8-6-25-44(46)52-49(55)34-51-54-53(52)45-26-7-9-28-47(45)56(54)48-29-10-11-30-50(48)57-51/h1-34H. The van der Waals surface area contributed by atoms with Gasteiger partial charge in [-0.1, -0.05) is 163 Å². The van der Waals surface area contributed by atoms with Gasteiger partial charge in [0, 0.05) is 37.0 Å². The van der Waals surface area contributed by atoms with Gasteiger partial charge in [0.2, 0.25) is 0 Å². The van der Waals surface area contributed by atoms with Crippen molar-refractivity contribution in [3.63, 3.8) is 0 Å². The van der Waals surface area contributed by atoms with Crippen LogP contribution in [0.15, 0.2) is 216 Å². The van der Waals surface area contributed by atoms with E-state index in [4.69, 9.17) is 0 Å². The van der Waals surface area contributed by atoms with Crippen LogP contribution in [0, 0.1) is 0 Å². The average molecular weight is 743 g/mol. The Morgan fingerprint density at radius 1 is 0.316 bits per heavy atom. The van der Waals surface area contributed by atoms with Gasteiger partial charge in [0.05, 0.1) is 27.8 Å². The zero-order valence-corrected chi connectivity index (χ0v) is 31.7. The van der Waals surface area contributed by atoms with E-state index in [0.717, 1.165) is 5.69 Å². The minimum Gasteiger partial charge on any atom is -0.309 e. The van der Waals surface area contributed by atoms with E-state index in [9.17, 15) is 0 Å². The van der Waals surface area contributed by atoms with E-state index < -0.39 is 0 Å². The second kappa shape index (κ2) is 12.7. The first-order valence-corrected chi connectivity index (χ1v) is 20.3. The van der Waals surface area contributed by atoms with Crippen molar-refractivity contribution in [2.75, 3.05) is 0 Å². The van der Waals surface area contributed by atoms with Crippen LogP contribution >= 0.6 is 11.8 Å².